The van der Waals surface area contributed by atoms with Crippen LogP contribution in [0.2, 0.25) is 18.1 Å². The molecule has 242 valence electrons. The van der Waals surface area contributed by atoms with Gasteiger partial charge in [0.05, 0.1) is 16.8 Å². The lowest BCUT2D eigenvalue weighted by Crippen LogP contribution is -2.50. The van der Waals surface area contributed by atoms with Crippen LogP contribution in [-0.2, 0) is 18.8 Å². The Morgan fingerprint density at radius 3 is 2.19 bits per heavy atom. The minimum absolute atomic E-state index is 0.0128. The van der Waals surface area contributed by atoms with Crippen LogP contribution in [-0.4, -0.2) is 37.3 Å². The molecule has 2 unspecified atom stereocenters. The fourth-order valence-electron chi connectivity index (χ4n) is 4.73. The van der Waals surface area contributed by atoms with Gasteiger partial charge < -0.3 is 9.16 Å². The third kappa shape index (κ3) is 11.4. The number of aromatic nitrogens is 1. The smallest absolute Gasteiger partial charge is 0.306 e. The SMILES string of the molecule is C=CC/C(C)=C\CC(OC(=O)C[C@H](C)C(C)(C)C(=O)C(C)[C@@H](O[Si](C)(C)C(C)(C)C)[C@@H](C)C=C)/C(C)=C/c1csc(C)n1. The Bertz CT molecular complexity index is 1170. The summed E-state index contributed by atoms with van der Waals surface area (Å²) in [5.74, 6) is -0.783. The van der Waals surface area contributed by atoms with Gasteiger partial charge in [-0.15, -0.1) is 24.5 Å². The first-order valence-corrected chi connectivity index (χ1v) is 19.4. The van der Waals surface area contributed by atoms with Crippen molar-refractivity contribution in [3.8, 4) is 0 Å². The highest BCUT2D eigenvalue weighted by molar-refractivity contribution is 7.09. The van der Waals surface area contributed by atoms with Gasteiger partial charge in [0.25, 0.3) is 0 Å². The Hall–Kier alpha value is -2.09. The fourth-order valence-corrected chi connectivity index (χ4v) is 6.75. The van der Waals surface area contributed by atoms with Crippen molar-refractivity contribution >= 4 is 37.5 Å². The summed E-state index contributed by atoms with van der Waals surface area (Å²) in [6.45, 7) is 34.8. The van der Waals surface area contributed by atoms with Gasteiger partial charge in [-0.2, -0.15) is 0 Å². The first-order chi connectivity index (χ1) is 19.7. The minimum Gasteiger partial charge on any atom is -0.457 e. The molecule has 43 heavy (non-hydrogen) atoms. The van der Waals surface area contributed by atoms with Gasteiger partial charge in [-0.25, -0.2) is 4.98 Å². The average Bonchev–Trinajstić information content (AvgIpc) is 3.31. The molecule has 0 N–H and O–H groups in total. The molecule has 0 saturated heterocycles. The molecule has 0 amide bonds. The lowest BCUT2D eigenvalue weighted by Gasteiger charge is -2.43. The zero-order chi connectivity index (χ0) is 33.3. The van der Waals surface area contributed by atoms with Crippen LogP contribution < -0.4 is 0 Å². The Labute approximate surface area is 268 Å². The van der Waals surface area contributed by atoms with E-state index >= 15 is 0 Å². The molecule has 1 aromatic heterocycles. The Kier molecular flexibility index (Phi) is 14.7. The summed E-state index contributed by atoms with van der Waals surface area (Å²) in [6.07, 6.45) is 8.63. The van der Waals surface area contributed by atoms with Gasteiger partial charge in [0.1, 0.15) is 11.9 Å². The van der Waals surface area contributed by atoms with E-state index in [2.05, 4.69) is 71.9 Å². The topological polar surface area (TPSA) is 65.5 Å². The molecule has 0 radical (unpaired) electrons. The number of carbonyl (C=O) groups is 2. The molecule has 1 heterocycles. The highest BCUT2D eigenvalue weighted by Crippen LogP contribution is 2.41. The van der Waals surface area contributed by atoms with Crippen LogP contribution in [0.3, 0.4) is 0 Å². The van der Waals surface area contributed by atoms with Crippen LogP contribution in [0.1, 0.15) is 99.2 Å². The van der Waals surface area contributed by atoms with E-state index in [1.54, 1.807) is 11.3 Å². The molecular formula is C36H59NO4SSi. The second-order valence-electron chi connectivity index (χ2n) is 14.4. The minimum atomic E-state index is -2.14. The van der Waals surface area contributed by atoms with E-state index in [1.807, 2.05) is 65.2 Å². The maximum absolute atomic E-state index is 14.1. The summed E-state index contributed by atoms with van der Waals surface area (Å²) in [5, 5.41) is 3.01. The van der Waals surface area contributed by atoms with Gasteiger partial charge in [-0.05, 0) is 68.8 Å². The van der Waals surface area contributed by atoms with Crippen molar-refractivity contribution in [1.29, 1.82) is 0 Å². The number of allylic oxidation sites excluding steroid dienone is 2. The number of hydrogen-bond acceptors (Lipinski definition) is 6. The van der Waals surface area contributed by atoms with Gasteiger partial charge >= 0.3 is 5.97 Å². The van der Waals surface area contributed by atoms with E-state index in [0.29, 0.717) is 6.42 Å². The monoisotopic (exact) mass is 629 g/mol. The predicted octanol–water partition coefficient (Wildman–Crippen LogP) is 10.1. The third-order valence-corrected chi connectivity index (χ3v) is 14.6. The molecule has 7 heteroatoms. The largest absolute Gasteiger partial charge is 0.457 e. The molecule has 1 rings (SSSR count). The molecule has 0 spiro atoms. The van der Waals surface area contributed by atoms with Crippen molar-refractivity contribution in [1.82, 2.24) is 4.98 Å². The number of ether oxygens (including phenoxy) is 1. The summed E-state index contributed by atoms with van der Waals surface area (Å²) >= 11 is 1.59. The fraction of sp³-hybridized carbons (Fsp3) is 0.639. The molecule has 0 fully saturated rings. The highest BCUT2D eigenvalue weighted by Gasteiger charge is 2.45. The molecule has 1 aromatic rings. The molecular weight excluding hydrogens is 571 g/mol. The van der Waals surface area contributed by atoms with Gasteiger partial charge in [0.15, 0.2) is 8.32 Å². The maximum atomic E-state index is 14.1. The van der Waals surface area contributed by atoms with Crippen LogP contribution in [0.5, 0.6) is 0 Å². The van der Waals surface area contributed by atoms with Crippen LogP contribution in [0.25, 0.3) is 6.08 Å². The second-order valence-corrected chi connectivity index (χ2v) is 20.2. The summed E-state index contributed by atoms with van der Waals surface area (Å²) in [7, 11) is -2.14. The number of Topliss-reactive ketones (excluding diaryl/α,β-unsaturated/α-hetero) is 1. The second kappa shape index (κ2) is 16.3. The molecule has 0 saturated carbocycles. The quantitative estimate of drug-likeness (QED) is 0.0974. The number of aryl methyl sites for hydroxylation is 1. The van der Waals surface area contributed by atoms with Gasteiger partial charge in [-0.1, -0.05) is 79.2 Å². The third-order valence-electron chi connectivity index (χ3n) is 9.31. The van der Waals surface area contributed by atoms with E-state index in [0.717, 1.165) is 22.7 Å². The van der Waals surface area contributed by atoms with E-state index in [-0.39, 0.29) is 47.1 Å². The van der Waals surface area contributed by atoms with Crippen molar-refractivity contribution in [3.63, 3.8) is 0 Å². The van der Waals surface area contributed by atoms with Crippen molar-refractivity contribution in [3.05, 3.63) is 58.6 Å². The normalized spacial score (nSPS) is 17.0. The van der Waals surface area contributed by atoms with E-state index in [9.17, 15) is 9.59 Å². The van der Waals surface area contributed by atoms with Crippen molar-refractivity contribution in [2.75, 3.05) is 0 Å². The zero-order valence-electron chi connectivity index (χ0n) is 29.3. The van der Waals surface area contributed by atoms with E-state index in [1.165, 1.54) is 5.57 Å². The molecule has 0 aliphatic heterocycles. The van der Waals surface area contributed by atoms with Crippen molar-refractivity contribution < 1.29 is 18.8 Å². The van der Waals surface area contributed by atoms with E-state index < -0.39 is 19.8 Å². The Morgan fingerprint density at radius 2 is 1.70 bits per heavy atom. The molecule has 0 bridgehead atoms. The van der Waals surface area contributed by atoms with E-state index in [4.69, 9.17) is 9.16 Å². The summed E-state index contributed by atoms with van der Waals surface area (Å²) < 4.78 is 12.9. The molecule has 0 aromatic carbocycles. The number of esters is 1. The lowest BCUT2D eigenvalue weighted by molar-refractivity contribution is -0.150. The van der Waals surface area contributed by atoms with Crippen molar-refractivity contribution in [2.24, 2.45) is 23.2 Å². The first-order valence-electron chi connectivity index (χ1n) is 15.6. The molecule has 0 aliphatic carbocycles. The Morgan fingerprint density at radius 1 is 1.09 bits per heavy atom. The average molecular weight is 630 g/mol. The van der Waals surface area contributed by atoms with Gasteiger partial charge in [0.2, 0.25) is 0 Å². The standard InChI is InChI=1S/C36H59NO4SSi/c1-16-18-24(3)19-20-31(26(5)21-30-23-42-29(8)37-30)40-32(38)22-27(6)36(12,13)34(39)28(7)33(25(4)17-2)41-43(14,15)35(9,10)11/h16-17,19,21,23,25,27-28,31,33H,1-2,18,20,22H2,3-15H3/b24-19-,26-21+/t25-,27-,28?,31?,33-/m0/s1. The Balaban J connectivity index is 3.16. The lowest BCUT2D eigenvalue weighted by atomic mass is 9.69. The first kappa shape index (κ1) is 38.9. The number of nitrogens with zero attached hydrogens (tertiary/aromatic N) is 1. The van der Waals surface area contributed by atoms with Crippen LogP contribution in [0.4, 0.5) is 0 Å². The number of hydrogen-bond donors (Lipinski definition) is 0. The van der Waals surface area contributed by atoms with Gasteiger partial charge in [0, 0.05) is 29.6 Å². The zero-order valence-corrected chi connectivity index (χ0v) is 31.1. The van der Waals surface area contributed by atoms with Gasteiger partial charge in [-0.3, -0.25) is 9.59 Å². The van der Waals surface area contributed by atoms with Crippen LogP contribution in [0, 0.1) is 30.1 Å². The predicted molar refractivity (Wildman–Crippen MR) is 187 cm³/mol. The van der Waals surface area contributed by atoms with Crippen LogP contribution in [0.15, 0.2) is 47.9 Å². The summed E-state index contributed by atoms with van der Waals surface area (Å²) in [4.78, 5) is 32.0. The molecule has 5 atom stereocenters. The molecule has 0 aliphatic rings. The number of thiazole rings is 1. The summed E-state index contributed by atoms with van der Waals surface area (Å²) in [5.41, 5.74) is 2.21. The number of ketones is 1. The molecule has 5 nitrogen and oxygen atoms in total. The maximum Gasteiger partial charge on any atom is 0.306 e. The number of carbonyl (C=O) groups excluding carboxylic acids is 2. The highest BCUT2D eigenvalue weighted by atomic mass is 32.1. The van der Waals surface area contributed by atoms with Crippen molar-refractivity contribution in [2.45, 2.75) is 126 Å². The number of rotatable bonds is 17. The summed E-state index contributed by atoms with van der Waals surface area (Å²) in [6, 6.07) is 0. The van der Waals surface area contributed by atoms with Crippen LogP contribution >= 0.6 is 11.3 Å².